The van der Waals surface area contributed by atoms with Gasteiger partial charge in [-0.2, -0.15) is 11.8 Å². The molecule has 1 fully saturated rings. The van der Waals surface area contributed by atoms with Crippen molar-refractivity contribution in [2.24, 2.45) is 0 Å². The average molecular weight is 211 g/mol. The monoisotopic (exact) mass is 211 g/mol. The predicted octanol–water partition coefficient (Wildman–Crippen LogP) is 1.78. The van der Waals surface area contributed by atoms with Crippen LogP contribution >= 0.6 is 11.8 Å². The third-order valence-corrected chi connectivity index (χ3v) is 3.19. The van der Waals surface area contributed by atoms with E-state index in [0.717, 1.165) is 30.4 Å². The second-order valence-electron chi connectivity index (χ2n) is 3.31. The Morgan fingerprint density at radius 2 is 2.14 bits per heavy atom. The van der Waals surface area contributed by atoms with Gasteiger partial charge in [-0.1, -0.05) is 0 Å². The third-order valence-electron chi connectivity index (χ3n) is 2.25. The van der Waals surface area contributed by atoms with Crippen LogP contribution in [0.25, 0.3) is 0 Å². The summed E-state index contributed by atoms with van der Waals surface area (Å²) in [7, 11) is 0. The minimum absolute atomic E-state index is 0.0263. The third kappa shape index (κ3) is 1.95. The van der Waals surface area contributed by atoms with Crippen LogP contribution in [0.4, 0.5) is 0 Å². The van der Waals surface area contributed by atoms with E-state index < -0.39 is 0 Å². The first kappa shape index (κ1) is 9.65. The fourth-order valence-corrected chi connectivity index (χ4v) is 2.37. The summed E-state index contributed by atoms with van der Waals surface area (Å²) in [6.45, 7) is 3.52. The standard InChI is InChI=1S/C10H13NO2S/c1-8-2-3-9(13-8)10(12)11-4-6-14-7-5-11/h2-3H,4-7H2,1H3. The van der Waals surface area contributed by atoms with Crippen LogP contribution in [-0.2, 0) is 0 Å². The van der Waals surface area contributed by atoms with Crippen LogP contribution in [0.15, 0.2) is 16.5 Å². The number of aryl methyl sites for hydroxylation is 1. The first-order valence-corrected chi connectivity index (χ1v) is 5.86. The van der Waals surface area contributed by atoms with E-state index in [2.05, 4.69) is 0 Å². The highest BCUT2D eigenvalue weighted by molar-refractivity contribution is 7.99. The van der Waals surface area contributed by atoms with Gasteiger partial charge in [-0.3, -0.25) is 4.79 Å². The van der Waals surface area contributed by atoms with Gasteiger partial charge < -0.3 is 9.32 Å². The molecule has 1 aromatic heterocycles. The van der Waals surface area contributed by atoms with Gasteiger partial charge in [-0.25, -0.2) is 0 Å². The van der Waals surface area contributed by atoms with Crippen molar-refractivity contribution in [3.63, 3.8) is 0 Å². The number of hydrogen-bond acceptors (Lipinski definition) is 3. The molecular formula is C10H13NO2S. The van der Waals surface area contributed by atoms with E-state index in [1.165, 1.54) is 0 Å². The molecule has 2 heterocycles. The van der Waals surface area contributed by atoms with Gasteiger partial charge in [-0.05, 0) is 19.1 Å². The van der Waals surface area contributed by atoms with Crippen LogP contribution in [0.1, 0.15) is 16.3 Å². The largest absolute Gasteiger partial charge is 0.456 e. The van der Waals surface area contributed by atoms with E-state index in [9.17, 15) is 4.79 Å². The Hall–Kier alpha value is -0.900. The topological polar surface area (TPSA) is 33.5 Å². The number of carbonyl (C=O) groups is 1. The number of hydrogen-bond donors (Lipinski definition) is 0. The average Bonchev–Trinajstić information content (AvgIpc) is 2.65. The van der Waals surface area contributed by atoms with E-state index in [1.54, 1.807) is 6.07 Å². The van der Waals surface area contributed by atoms with E-state index >= 15 is 0 Å². The molecule has 3 nitrogen and oxygen atoms in total. The summed E-state index contributed by atoms with van der Waals surface area (Å²) in [5.74, 6) is 3.35. The molecule has 0 unspecified atom stereocenters. The molecule has 14 heavy (non-hydrogen) atoms. The zero-order chi connectivity index (χ0) is 9.97. The van der Waals surface area contributed by atoms with Crippen LogP contribution in [0.5, 0.6) is 0 Å². The minimum Gasteiger partial charge on any atom is -0.456 e. The zero-order valence-electron chi connectivity index (χ0n) is 8.16. The van der Waals surface area contributed by atoms with Gasteiger partial charge in [0, 0.05) is 24.6 Å². The summed E-state index contributed by atoms with van der Waals surface area (Å²) in [6.07, 6.45) is 0. The zero-order valence-corrected chi connectivity index (χ0v) is 8.97. The van der Waals surface area contributed by atoms with Crippen LogP contribution in [0, 0.1) is 6.92 Å². The molecule has 1 aliphatic rings. The molecular weight excluding hydrogens is 198 g/mol. The lowest BCUT2D eigenvalue weighted by atomic mass is 10.3. The summed E-state index contributed by atoms with van der Waals surface area (Å²) in [5, 5.41) is 0. The number of carbonyl (C=O) groups excluding carboxylic acids is 1. The van der Waals surface area contributed by atoms with Crippen LogP contribution in [0.3, 0.4) is 0 Å². The maximum absolute atomic E-state index is 11.8. The summed E-state index contributed by atoms with van der Waals surface area (Å²) in [6, 6.07) is 3.57. The summed E-state index contributed by atoms with van der Waals surface area (Å²) < 4.78 is 5.30. The van der Waals surface area contributed by atoms with E-state index in [1.807, 2.05) is 29.7 Å². The molecule has 1 aromatic rings. The number of rotatable bonds is 1. The van der Waals surface area contributed by atoms with Crippen molar-refractivity contribution in [2.75, 3.05) is 24.6 Å². The van der Waals surface area contributed by atoms with E-state index in [4.69, 9.17) is 4.42 Å². The molecule has 0 N–H and O–H groups in total. The lowest BCUT2D eigenvalue weighted by Gasteiger charge is -2.25. The Labute approximate surface area is 87.5 Å². The first-order valence-electron chi connectivity index (χ1n) is 4.71. The molecule has 0 radical (unpaired) electrons. The molecule has 2 rings (SSSR count). The lowest BCUT2D eigenvalue weighted by Crippen LogP contribution is -2.37. The van der Waals surface area contributed by atoms with Crippen molar-refractivity contribution in [2.45, 2.75) is 6.92 Å². The fourth-order valence-electron chi connectivity index (χ4n) is 1.47. The normalized spacial score (nSPS) is 17.1. The van der Waals surface area contributed by atoms with Gasteiger partial charge in [0.2, 0.25) is 0 Å². The Kier molecular flexibility index (Phi) is 2.82. The molecule has 0 aromatic carbocycles. The Morgan fingerprint density at radius 3 is 2.71 bits per heavy atom. The second-order valence-corrected chi connectivity index (χ2v) is 4.54. The van der Waals surface area contributed by atoms with E-state index in [0.29, 0.717) is 5.76 Å². The number of thioether (sulfide) groups is 1. The van der Waals surface area contributed by atoms with Crippen molar-refractivity contribution >= 4 is 17.7 Å². The molecule has 4 heteroatoms. The predicted molar refractivity (Wildman–Crippen MR) is 56.7 cm³/mol. The smallest absolute Gasteiger partial charge is 0.289 e. The van der Waals surface area contributed by atoms with Gasteiger partial charge >= 0.3 is 0 Å². The fraction of sp³-hybridized carbons (Fsp3) is 0.500. The highest BCUT2D eigenvalue weighted by Gasteiger charge is 2.20. The number of amides is 1. The maximum atomic E-state index is 11.8. The summed E-state index contributed by atoms with van der Waals surface area (Å²) in [4.78, 5) is 13.7. The maximum Gasteiger partial charge on any atom is 0.289 e. The highest BCUT2D eigenvalue weighted by atomic mass is 32.2. The Morgan fingerprint density at radius 1 is 1.43 bits per heavy atom. The lowest BCUT2D eigenvalue weighted by molar-refractivity contribution is 0.0739. The minimum atomic E-state index is 0.0263. The number of nitrogens with zero attached hydrogens (tertiary/aromatic N) is 1. The molecule has 76 valence electrons. The van der Waals surface area contributed by atoms with Crippen molar-refractivity contribution in [1.82, 2.24) is 4.90 Å². The molecule has 0 bridgehead atoms. The van der Waals surface area contributed by atoms with Crippen molar-refractivity contribution in [3.05, 3.63) is 23.7 Å². The van der Waals surface area contributed by atoms with Gasteiger partial charge in [0.1, 0.15) is 5.76 Å². The van der Waals surface area contributed by atoms with Gasteiger partial charge in [0.25, 0.3) is 5.91 Å². The van der Waals surface area contributed by atoms with Crippen molar-refractivity contribution in [1.29, 1.82) is 0 Å². The quantitative estimate of drug-likeness (QED) is 0.710. The van der Waals surface area contributed by atoms with Crippen LogP contribution in [-0.4, -0.2) is 35.4 Å². The molecule has 1 saturated heterocycles. The van der Waals surface area contributed by atoms with Gasteiger partial charge in [0.05, 0.1) is 0 Å². The van der Waals surface area contributed by atoms with Crippen molar-refractivity contribution in [3.8, 4) is 0 Å². The Bertz CT molecular complexity index is 329. The highest BCUT2D eigenvalue weighted by Crippen LogP contribution is 2.14. The number of furan rings is 1. The molecule has 0 atom stereocenters. The van der Waals surface area contributed by atoms with Crippen LogP contribution < -0.4 is 0 Å². The Balaban J connectivity index is 2.07. The molecule has 1 aliphatic heterocycles. The SMILES string of the molecule is Cc1ccc(C(=O)N2CCSCC2)o1. The molecule has 0 spiro atoms. The molecule has 1 amide bonds. The second kappa shape index (κ2) is 4.09. The van der Waals surface area contributed by atoms with Gasteiger partial charge in [0.15, 0.2) is 5.76 Å². The first-order chi connectivity index (χ1) is 6.77. The van der Waals surface area contributed by atoms with Crippen LogP contribution in [0.2, 0.25) is 0 Å². The molecule has 0 saturated carbocycles. The van der Waals surface area contributed by atoms with Crippen molar-refractivity contribution < 1.29 is 9.21 Å². The van der Waals surface area contributed by atoms with Gasteiger partial charge in [-0.15, -0.1) is 0 Å². The van der Waals surface area contributed by atoms with E-state index in [-0.39, 0.29) is 5.91 Å². The summed E-state index contributed by atoms with van der Waals surface area (Å²) in [5.41, 5.74) is 0. The summed E-state index contributed by atoms with van der Waals surface area (Å²) >= 11 is 1.89. The molecule has 0 aliphatic carbocycles.